The van der Waals surface area contributed by atoms with E-state index in [1.807, 2.05) is 6.92 Å². The summed E-state index contributed by atoms with van der Waals surface area (Å²) in [6.07, 6.45) is 2.39. The number of benzene rings is 1. The molecule has 0 saturated carbocycles. The first-order valence-corrected chi connectivity index (χ1v) is 7.93. The molecule has 7 heteroatoms. The molecule has 0 spiro atoms. The predicted molar refractivity (Wildman–Crippen MR) is 92.2 cm³/mol. The van der Waals surface area contributed by atoms with Gasteiger partial charge in [-0.2, -0.15) is 0 Å². The minimum Gasteiger partial charge on any atom is -0.488 e. The zero-order chi connectivity index (χ0) is 15.4. The van der Waals surface area contributed by atoms with Crippen molar-refractivity contribution in [1.29, 1.82) is 0 Å². The van der Waals surface area contributed by atoms with Crippen LogP contribution in [0.4, 0.5) is 0 Å². The molecule has 1 fully saturated rings. The summed E-state index contributed by atoms with van der Waals surface area (Å²) in [5, 5.41) is 0.961. The first-order valence-electron chi connectivity index (χ1n) is 7.17. The second kappa shape index (κ2) is 8.82. The molecule has 124 valence electrons. The molecule has 2 N–H and O–H groups in total. The second-order valence-electron chi connectivity index (χ2n) is 5.28. The van der Waals surface area contributed by atoms with Gasteiger partial charge in [0.05, 0.1) is 22.6 Å². The second-order valence-corrected chi connectivity index (χ2v) is 6.10. The van der Waals surface area contributed by atoms with Crippen LogP contribution in [0, 0.1) is 0 Å². The maximum Gasteiger partial charge on any atom is 0.239 e. The lowest BCUT2D eigenvalue weighted by Gasteiger charge is -2.20. The standard InChI is InChI=1S/C15H20Cl2N2O2.ClH/c1-2-3-14(18)15(20)19-7-6-11(9-19)21-10-4-5-12(16)13(17)8-10;/h4-5,8,11,14H,2-3,6-7,9,18H2,1H3;1H. The molecule has 2 unspecified atom stereocenters. The Morgan fingerprint density at radius 1 is 1.45 bits per heavy atom. The summed E-state index contributed by atoms with van der Waals surface area (Å²) < 4.78 is 5.85. The molecule has 1 heterocycles. The molecule has 0 aliphatic carbocycles. The average Bonchev–Trinajstić information content (AvgIpc) is 2.91. The summed E-state index contributed by atoms with van der Waals surface area (Å²) in [6.45, 7) is 3.27. The molecule has 22 heavy (non-hydrogen) atoms. The van der Waals surface area contributed by atoms with Crippen LogP contribution in [0.3, 0.4) is 0 Å². The zero-order valence-corrected chi connectivity index (χ0v) is 14.8. The fourth-order valence-electron chi connectivity index (χ4n) is 2.44. The highest BCUT2D eigenvalue weighted by molar-refractivity contribution is 6.42. The first-order chi connectivity index (χ1) is 10.0. The molecule has 0 bridgehead atoms. The van der Waals surface area contributed by atoms with Gasteiger partial charge in [-0.1, -0.05) is 36.5 Å². The number of likely N-dealkylation sites (tertiary alicyclic amines) is 1. The summed E-state index contributed by atoms with van der Waals surface area (Å²) in [5.41, 5.74) is 5.88. The molecular weight excluding hydrogens is 347 g/mol. The van der Waals surface area contributed by atoms with Gasteiger partial charge in [0, 0.05) is 19.0 Å². The van der Waals surface area contributed by atoms with Gasteiger partial charge in [-0.3, -0.25) is 4.79 Å². The van der Waals surface area contributed by atoms with Crippen molar-refractivity contribution in [3.05, 3.63) is 28.2 Å². The quantitative estimate of drug-likeness (QED) is 0.866. The highest BCUT2D eigenvalue weighted by atomic mass is 35.5. The van der Waals surface area contributed by atoms with Crippen molar-refractivity contribution in [2.75, 3.05) is 13.1 Å². The molecule has 2 rings (SSSR count). The number of carbonyl (C=O) groups is 1. The average molecular weight is 368 g/mol. The molecular formula is C15H21Cl3N2O2. The molecule has 1 saturated heterocycles. The van der Waals surface area contributed by atoms with E-state index in [0.717, 1.165) is 12.8 Å². The highest BCUT2D eigenvalue weighted by Crippen LogP contribution is 2.28. The van der Waals surface area contributed by atoms with Crippen LogP contribution in [0.1, 0.15) is 26.2 Å². The van der Waals surface area contributed by atoms with Crippen LogP contribution < -0.4 is 10.5 Å². The Morgan fingerprint density at radius 2 is 2.18 bits per heavy atom. The van der Waals surface area contributed by atoms with E-state index < -0.39 is 6.04 Å². The molecule has 0 radical (unpaired) electrons. The van der Waals surface area contributed by atoms with Crippen LogP contribution in [0.2, 0.25) is 10.0 Å². The van der Waals surface area contributed by atoms with Crippen molar-refractivity contribution < 1.29 is 9.53 Å². The van der Waals surface area contributed by atoms with E-state index >= 15 is 0 Å². The molecule has 1 aromatic rings. The summed E-state index contributed by atoms with van der Waals surface area (Å²) in [4.78, 5) is 13.9. The van der Waals surface area contributed by atoms with Gasteiger partial charge < -0.3 is 15.4 Å². The summed E-state index contributed by atoms with van der Waals surface area (Å²) in [5.74, 6) is 0.679. The van der Waals surface area contributed by atoms with Crippen LogP contribution in [-0.4, -0.2) is 36.0 Å². The number of hydrogen-bond acceptors (Lipinski definition) is 3. The van der Waals surface area contributed by atoms with E-state index in [4.69, 9.17) is 33.7 Å². The lowest BCUT2D eigenvalue weighted by molar-refractivity contribution is -0.132. The number of ether oxygens (including phenoxy) is 1. The largest absolute Gasteiger partial charge is 0.488 e. The predicted octanol–water partition coefficient (Wildman–Crippen LogP) is 3.52. The van der Waals surface area contributed by atoms with E-state index in [1.54, 1.807) is 23.1 Å². The van der Waals surface area contributed by atoms with E-state index in [2.05, 4.69) is 0 Å². The van der Waals surface area contributed by atoms with Crippen LogP contribution in [-0.2, 0) is 4.79 Å². The summed E-state index contributed by atoms with van der Waals surface area (Å²) in [7, 11) is 0. The van der Waals surface area contributed by atoms with Crippen molar-refractivity contribution in [2.24, 2.45) is 5.73 Å². The minimum atomic E-state index is -0.404. The van der Waals surface area contributed by atoms with Crippen LogP contribution >= 0.6 is 35.6 Å². The molecule has 1 amide bonds. The Kier molecular flexibility index (Phi) is 7.77. The van der Waals surface area contributed by atoms with E-state index in [9.17, 15) is 4.79 Å². The van der Waals surface area contributed by atoms with Gasteiger partial charge in [0.1, 0.15) is 11.9 Å². The summed E-state index contributed by atoms with van der Waals surface area (Å²) in [6, 6.07) is 4.77. The normalized spacial score (nSPS) is 18.7. The van der Waals surface area contributed by atoms with Gasteiger partial charge in [-0.15, -0.1) is 12.4 Å². The maximum atomic E-state index is 12.1. The van der Waals surface area contributed by atoms with Gasteiger partial charge in [0.15, 0.2) is 0 Å². The number of rotatable bonds is 5. The van der Waals surface area contributed by atoms with Crippen molar-refractivity contribution in [3.63, 3.8) is 0 Å². The van der Waals surface area contributed by atoms with Crippen molar-refractivity contribution >= 4 is 41.5 Å². The maximum absolute atomic E-state index is 12.1. The minimum absolute atomic E-state index is 0. The Balaban J connectivity index is 0.00000242. The fourth-order valence-corrected chi connectivity index (χ4v) is 2.72. The Hall–Kier alpha value is -0.680. The third kappa shape index (κ3) is 4.92. The monoisotopic (exact) mass is 366 g/mol. The number of hydrogen-bond donors (Lipinski definition) is 1. The summed E-state index contributed by atoms with van der Waals surface area (Å²) >= 11 is 11.8. The van der Waals surface area contributed by atoms with Gasteiger partial charge in [-0.05, 0) is 18.6 Å². The van der Waals surface area contributed by atoms with Crippen LogP contribution in [0.5, 0.6) is 5.75 Å². The van der Waals surface area contributed by atoms with Crippen molar-refractivity contribution in [3.8, 4) is 5.75 Å². The van der Waals surface area contributed by atoms with E-state index in [0.29, 0.717) is 35.3 Å². The van der Waals surface area contributed by atoms with Crippen molar-refractivity contribution in [2.45, 2.75) is 38.3 Å². The van der Waals surface area contributed by atoms with E-state index in [-0.39, 0.29) is 24.4 Å². The third-order valence-corrected chi connectivity index (χ3v) is 4.31. The zero-order valence-electron chi connectivity index (χ0n) is 12.4. The van der Waals surface area contributed by atoms with Gasteiger partial charge in [-0.25, -0.2) is 0 Å². The van der Waals surface area contributed by atoms with Crippen LogP contribution in [0.15, 0.2) is 18.2 Å². The van der Waals surface area contributed by atoms with Gasteiger partial charge >= 0.3 is 0 Å². The number of carbonyl (C=O) groups excluding carboxylic acids is 1. The lowest BCUT2D eigenvalue weighted by atomic mass is 10.1. The number of nitrogens with two attached hydrogens (primary N) is 1. The first kappa shape index (κ1) is 19.4. The van der Waals surface area contributed by atoms with E-state index in [1.165, 1.54) is 0 Å². The molecule has 1 aliphatic heterocycles. The number of nitrogens with zero attached hydrogens (tertiary/aromatic N) is 1. The molecule has 0 aromatic heterocycles. The smallest absolute Gasteiger partial charge is 0.239 e. The molecule has 4 nitrogen and oxygen atoms in total. The number of amides is 1. The Morgan fingerprint density at radius 3 is 2.82 bits per heavy atom. The SMILES string of the molecule is CCCC(N)C(=O)N1CCC(Oc2ccc(Cl)c(Cl)c2)C1.Cl. The molecule has 2 atom stereocenters. The third-order valence-electron chi connectivity index (χ3n) is 3.57. The molecule has 1 aromatic carbocycles. The topological polar surface area (TPSA) is 55.6 Å². The fraction of sp³-hybridized carbons (Fsp3) is 0.533. The van der Waals surface area contributed by atoms with Crippen LogP contribution in [0.25, 0.3) is 0 Å². The number of halogens is 3. The lowest BCUT2D eigenvalue weighted by Crippen LogP contribution is -2.43. The Labute approximate surface area is 147 Å². The van der Waals surface area contributed by atoms with Crippen molar-refractivity contribution in [1.82, 2.24) is 4.90 Å². The van der Waals surface area contributed by atoms with Gasteiger partial charge in [0.25, 0.3) is 0 Å². The Bertz CT molecular complexity index is 514. The molecule has 1 aliphatic rings. The van der Waals surface area contributed by atoms with Gasteiger partial charge in [0.2, 0.25) is 5.91 Å². The highest BCUT2D eigenvalue weighted by Gasteiger charge is 2.30.